The molecule has 88 valence electrons. The number of nitrogens with zero attached hydrogens (tertiary/aromatic N) is 3. The van der Waals surface area contributed by atoms with E-state index in [-0.39, 0.29) is 17.8 Å². The molecule has 1 fully saturated rings. The molecule has 7 heteroatoms. The van der Waals surface area contributed by atoms with Crippen LogP contribution in [0.5, 0.6) is 0 Å². The Hall–Kier alpha value is -1.47. The Labute approximate surface area is 92.1 Å². The summed E-state index contributed by atoms with van der Waals surface area (Å²) >= 11 is 0. The van der Waals surface area contributed by atoms with Crippen molar-refractivity contribution in [1.82, 2.24) is 20.3 Å². The number of aromatic nitrogens is 3. The molecule has 1 saturated carbocycles. The fourth-order valence-electron chi connectivity index (χ4n) is 1.48. The second kappa shape index (κ2) is 4.18. The summed E-state index contributed by atoms with van der Waals surface area (Å²) < 4.78 is 1.48. The maximum atomic E-state index is 10.5. The van der Waals surface area contributed by atoms with Gasteiger partial charge in [0.05, 0.1) is 19.3 Å². The Bertz CT molecular complexity index is 386. The highest BCUT2D eigenvalue weighted by Crippen LogP contribution is 2.34. The number of carboxylic acids is 1. The molecule has 1 aliphatic carbocycles. The van der Waals surface area contributed by atoms with Crippen LogP contribution >= 0.6 is 0 Å². The maximum absolute atomic E-state index is 10.5. The van der Waals surface area contributed by atoms with Gasteiger partial charge in [-0.15, -0.1) is 5.10 Å². The van der Waals surface area contributed by atoms with Gasteiger partial charge in [0.15, 0.2) is 5.69 Å². The van der Waals surface area contributed by atoms with E-state index in [2.05, 4.69) is 15.6 Å². The van der Waals surface area contributed by atoms with Crippen molar-refractivity contribution >= 4 is 5.97 Å². The Morgan fingerprint density at radius 1 is 1.62 bits per heavy atom. The van der Waals surface area contributed by atoms with Gasteiger partial charge in [0.2, 0.25) is 0 Å². The van der Waals surface area contributed by atoms with Crippen molar-refractivity contribution in [3.63, 3.8) is 0 Å². The SMILES string of the molecule is O=C(O)c1cn(CCNC2(CO)CC2)nn1. The lowest BCUT2D eigenvalue weighted by Gasteiger charge is -2.13. The topological polar surface area (TPSA) is 100 Å². The van der Waals surface area contributed by atoms with Crippen molar-refractivity contribution in [2.45, 2.75) is 24.9 Å². The van der Waals surface area contributed by atoms with E-state index in [1.165, 1.54) is 10.9 Å². The van der Waals surface area contributed by atoms with Crippen LogP contribution < -0.4 is 5.32 Å². The molecule has 16 heavy (non-hydrogen) atoms. The Morgan fingerprint density at radius 3 is 2.88 bits per heavy atom. The van der Waals surface area contributed by atoms with Crippen molar-refractivity contribution in [2.24, 2.45) is 0 Å². The Kier molecular flexibility index (Phi) is 2.88. The normalized spacial score (nSPS) is 17.3. The van der Waals surface area contributed by atoms with Crippen LogP contribution in [0, 0.1) is 0 Å². The molecule has 0 aromatic carbocycles. The van der Waals surface area contributed by atoms with Gasteiger partial charge in [-0.2, -0.15) is 0 Å². The van der Waals surface area contributed by atoms with E-state index in [1.807, 2.05) is 0 Å². The first kappa shape index (κ1) is 11.0. The third-order valence-corrected chi connectivity index (χ3v) is 2.75. The highest BCUT2D eigenvalue weighted by molar-refractivity contribution is 5.84. The van der Waals surface area contributed by atoms with Crippen LogP contribution in [0.25, 0.3) is 0 Å². The quantitative estimate of drug-likeness (QED) is 0.580. The van der Waals surface area contributed by atoms with Gasteiger partial charge < -0.3 is 15.5 Å². The molecule has 1 aromatic rings. The smallest absolute Gasteiger partial charge is 0.358 e. The summed E-state index contributed by atoms with van der Waals surface area (Å²) in [6.45, 7) is 1.33. The number of carbonyl (C=O) groups is 1. The third kappa shape index (κ3) is 2.37. The fourth-order valence-corrected chi connectivity index (χ4v) is 1.48. The first-order valence-corrected chi connectivity index (χ1v) is 5.14. The fraction of sp³-hybridized carbons (Fsp3) is 0.667. The molecule has 0 unspecified atom stereocenters. The molecule has 3 N–H and O–H groups in total. The van der Waals surface area contributed by atoms with Gasteiger partial charge in [0, 0.05) is 12.1 Å². The number of aliphatic hydroxyl groups excluding tert-OH is 1. The lowest BCUT2D eigenvalue weighted by molar-refractivity contribution is 0.0690. The molecule has 0 atom stereocenters. The van der Waals surface area contributed by atoms with Gasteiger partial charge in [-0.25, -0.2) is 4.79 Å². The van der Waals surface area contributed by atoms with Gasteiger partial charge in [-0.3, -0.25) is 4.68 Å². The number of carboxylic acid groups (broad SMARTS) is 1. The zero-order valence-electron chi connectivity index (χ0n) is 8.76. The molecule has 0 spiro atoms. The lowest BCUT2D eigenvalue weighted by Crippen LogP contribution is -2.36. The predicted molar refractivity (Wildman–Crippen MR) is 54.0 cm³/mol. The highest BCUT2D eigenvalue weighted by atomic mass is 16.4. The summed E-state index contributed by atoms with van der Waals surface area (Å²) in [5.41, 5.74) is -0.153. The molecular formula is C9H14N4O3. The maximum Gasteiger partial charge on any atom is 0.358 e. The predicted octanol–water partition coefficient (Wildman–Crippen LogP) is -0.909. The largest absolute Gasteiger partial charge is 0.476 e. The number of aromatic carboxylic acids is 1. The van der Waals surface area contributed by atoms with Crippen LogP contribution in [0.15, 0.2) is 6.20 Å². The summed E-state index contributed by atoms with van der Waals surface area (Å²) in [6, 6.07) is 0. The molecular weight excluding hydrogens is 212 g/mol. The van der Waals surface area contributed by atoms with E-state index in [0.29, 0.717) is 13.1 Å². The first-order chi connectivity index (χ1) is 7.65. The van der Waals surface area contributed by atoms with Gasteiger partial charge in [-0.1, -0.05) is 5.21 Å². The molecule has 0 aliphatic heterocycles. The third-order valence-electron chi connectivity index (χ3n) is 2.75. The van der Waals surface area contributed by atoms with Gasteiger partial charge in [-0.05, 0) is 12.8 Å². The van der Waals surface area contributed by atoms with Gasteiger partial charge in [0.25, 0.3) is 0 Å². The van der Waals surface area contributed by atoms with Gasteiger partial charge in [0.1, 0.15) is 0 Å². The van der Waals surface area contributed by atoms with E-state index in [9.17, 15) is 4.79 Å². The van der Waals surface area contributed by atoms with Crippen molar-refractivity contribution < 1.29 is 15.0 Å². The molecule has 0 amide bonds. The summed E-state index contributed by atoms with van der Waals surface area (Å²) in [4.78, 5) is 10.5. The molecule has 2 rings (SSSR count). The average molecular weight is 226 g/mol. The molecule has 1 aliphatic rings. The number of nitrogens with one attached hydrogen (secondary N) is 1. The Balaban J connectivity index is 1.79. The van der Waals surface area contributed by atoms with E-state index < -0.39 is 5.97 Å². The number of aliphatic hydroxyl groups is 1. The van der Waals surface area contributed by atoms with E-state index in [4.69, 9.17) is 10.2 Å². The monoisotopic (exact) mass is 226 g/mol. The number of hydrogen-bond acceptors (Lipinski definition) is 5. The molecule has 7 nitrogen and oxygen atoms in total. The zero-order chi connectivity index (χ0) is 11.6. The van der Waals surface area contributed by atoms with Crippen molar-refractivity contribution in [2.75, 3.05) is 13.2 Å². The average Bonchev–Trinajstić information content (AvgIpc) is 2.88. The number of hydrogen-bond donors (Lipinski definition) is 3. The standard InChI is InChI=1S/C9H14N4O3/c14-6-9(1-2-9)10-3-4-13-5-7(8(15)16)11-12-13/h5,10,14H,1-4,6H2,(H,15,16). The Morgan fingerprint density at radius 2 is 2.38 bits per heavy atom. The number of rotatable bonds is 6. The van der Waals surface area contributed by atoms with Crippen molar-refractivity contribution in [3.05, 3.63) is 11.9 Å². The van der Waals surface area contributed by atoms with Crippen LogP contribution in [0.1, 0.15) is 23.3 Å². The van der Waals surface area contributed by atoms with E-state index in [0.717, 1.165) is 12.8 Å². The molecule has 0 radical (unpaired) electrons. The van der Waals surface area contributed by atoms with E-state index in [1.54, 1.807) is 0 Å². The summed E-state index contributed by atoms with van der Waals surface area (Å²) in [5, 5.41) is 28.1. The van der Waals surface area contributed by atoms with E-state index >= 15 is 0 Å². The van der Waals surface area contributed by atoms with Crippen LogP contribution in [-0.4, -0.2) is 49.9 Å². The minimum Gasteiger partial charge on any atom is -0.476 e. The van der Waals surface area contributed by atoms with Gasteiger partial charge >= 0.3 is 5.97 Å². The second-order valence-corrected chi connectivity index (χ2v) is 4.04. The van der Waals surface area contributed by atoms with Crippen LogP contribution in [-0.2, 0) is 6.54 Å². The summed E-state index contributed by atoms with van der Waals surface area (Å²) in [5.74, 6) is -1.08. The van der Waals surface area contributed by atoms with Crippen LogP contribution in [0.3, 0.4) is 0 Å². The zero-order valence-corrected chi connectivity index (χ0v) is 8.76. The first-order valence-electron chi connectivity index (χ1n) is 5.14. The van der Waals surface area contributed by atoms with Crippen molar-refractivity contribution in [3.8, 4) is 0 Å². The van der Waals surface area contributed by atoms with Crippen molar-refractivity contribution in [1.29, 1.82) is 0 Å². The van der Waals surface area contributed by atoms with Crippen LogP contribution in [0.2, 0.25) is 0 Å². The highest BCUT2D eigenvalue weighted by Gasteiger charge is 2.41. The lowest BCUT2D eigenvalue weighted by atomic mass is 10.3. The molecule has 1 aromatic heterocycles. The molecule has 0 bridgehead atoms. The molecule has 0 saturated heterocycles. The summed E-state index contributed by atoms with van der Waals surface area (Å²) in [7, 11) is 0. The van der Waals surface area contributed by atoms with Crippen LogP contribution in [0.4, 0.5) is 0 Å². The second-order valence-electron chi connectivity index (χ2n) is 4.04. The minimum atomic E-state index is -1.08. The molecule has 1 heterocycles. The summed E-state index contributed by atoms with van der Waals surface area (Å²) in [6.07, 6.45) is 3.37. The minimum absolute atomic E-state index is 0.0525.